The van der Waals surface area contributed by atoms with E-state index in [1.807, 2.05) is 19.1 Å². The van der Waals surface area contributed by atoms with Crippen LogP contribution in [0.15, 0.2) is 28.1 Å². The van der Waals surface area contributed by atoms with E-state index in [0.29, 0.717) is 18.0 Å². The summed E-state index contributed by atoms with van der Waals surface area (Å²) in [5.41, 5.74) is 0.995. The van der Waals surface area contributed by atoms with Crippen molar-refractivity contribution in [2.75, 3.05) is 26.2 Å². The summed E-state index contributed by atoms with van der Waals surface area (Å²) in [4.78, 5) is 5.97. The van der Waals surface area contributed by atoms with Crippen molar-refractivity contribution in [3.8, 4) is 0 Å². The molecule has 0 bridgehead atoms. The molecule has 0 radical (unpaired) electrons. The Labute approximate surface area is 160 Å². The highest BCUT2D eigenvalue weighted by Crippen LogP contribution is 2.11. The van der Waals surface area contributed by atoms with Crippen LogP contribution in [-0.4, -0.2) is 60.9 Å². The van der Waals surface area contributed by atoms with E-state index < -0.39 is 0 Å². The van der Waals surface area contributed by atoms with Gasteiger partial charge in [-0.3, -0.25) is 9.80 Å². The average molecular weight is 392 g/mol. The zero-order valence-corrected chi connectivity index (χ0v) is 16.2. The van der Waals surface area contributed by atoms with Crippen molar-refractivity contribution < 1.29 is 4.52 Å². The predicted octanol–water partition coefficient (Wildman–Crippen LogP) is 1.99. The number of nitrogens with zero attached hydrogens (tertiary/aromatic N) is 7. The van der Waals surface area contributed by atoms with Gasteiger partial charge in [0.25, 0.3) is 0 Å². The number of rotatable bonds is 6. The minimum Gasteiger partial charge on any atom is -0.361 e. The Hall–Kier alpha value is -1.88. The van der Waals surface area contributed by atoms with Gasteiger partial charge in [0.2, 0.25) is 4.77 Å². The first-order valence-corrected chi connectivity index (χ1v) is 9.86. The summed E-state index contributed by atoms with van der Waals surface area (Å²) in [5.74, 6) is 0.860. The quantitative estimate of drug-likeness (QED) is 0.595. The summed E-state index contributed by atoms with van der Waals surface area (Å²) in [5, 5.41) is 14.6. The third kappa shape index (κ3) is 4.09. The van der Waals surface area contributed by atoms with Crippen LogP contribution in [0.3, 0.4) is 0 Å². The highest BCUT2D eigenvalue weighted by molar-refractivity contribution is 7.71. The van der Waals surface area contributed by atoms with Crippen LogP contribution in [0, 0.1) is 11.7 Å². The molecule has 0 unspecified atom stereocenters. The molecule has 8 nitrogen and oxygen atoms in total. The van der Waals surface area contributed by atoms with Crippen LogP contribution in [-0.2, 0) is 19.8 Å². The van der Waals surface area contributed by atoms with Crippen molar-refractivity contribution in [3.05, 3.63) is 44.7 Å². The van der Waals surface area contributed by atoms with Crippen LogP contribution in [0.5, 0.6) is 0 Å². The molecule has 0 N–H and O–H groups in total. The standard InChI is InChI=1S/C16H21N7OS2/c1-13-9-14(17-24-13)10-20-4-6-21(7-5-20)12-23-16(25)22(18-19-23)11-15-3-2-8-26-15/h2-3,8-9H,4-7,10-12H2,1H3. The van der Waals surface area contributed by atoms with Crippen LogP contribution < -0.4 is 0 Å². The minimum atomic E-state index is 0.666. The number of hydrogen-bond acceptors (Lipinski definition) is 8. The fraction of sp³-hybridized carbons (Fsp3) is 0.500. The summed E-state index contributed by atoms with van der Waals surface area (Å²) in [7, 11) is 0. The molecule has 0 aliphatic carbocycles. The van der Waals surface area contributed by atoms with E-state index >= 15 is 0 Å². The van der Waals surface area contributed by atoms with Gasteiger partial charge in [-0.05, 0) is 41.0 Å². The van der Waals surface area contributed by atoms with Crippen LogP contribution in [0.25, 0.3) is 0 Å². The molecule has 3 aromatic heterocycles. The Bertz CT molecular complexity index is 890. The van der Waals surface area contributed by atoms with Gasteiger partial charge in [0, 0.05) is 43.7 Å². The van der Waals surface area contributed by atoms with Gasteiger partial charge < -0.3 is 4.52 Å². The second-order valence-corrected chi connectivity index (χ2v) is 7.86. The van der Waals surface area contributed by atoms with Crippen molar-refractivity contribution in [1.29, 1.82) is 0 Å². The van der Waals surface area contributed by atoms with E-state index in [1.165, 1.54) is 4.88 Å². The fourth-order valence-corrected chi connectivity index (χ4v) is 3.93. The largest absolute Gasteiger partial charge is 0.361 e. The number of thiophene rings is 1. The maximum Gasteiger partial charge on any atom is 0.217 e. The summed E-state index contributed by atoms with van der Waals surface area (Å²) in [6.45, 7) is 8.03. The van der Waals surface area contributed by atoms with E-state index in [4.69, 9.17) is 16.7 Å². The summed E-state index contributed by atoms with van der Waals surface area (Å²) in [6.07, 6.45) is 0. The molecular formula is C16H21N7OS2. The minimum absolute atomic E-state index is 0.666. The van der Waals surface area contributed by atoms with E-state index in [9.17, 15) is 0 Å². The van der Waals surface area contributed by atoms with Gasteiger partial charge in [0.15, 0.2) is 0 Å². The Balaban J connectivity index is 1.30. The normalized spacial score (nSPS) is 16.3. The van der Waals surface area contributed by atoms with Crippen LogP contribution in [0.4, 0.5) is 0 Å². The molecule has 3 aromatic rings. The number of hydrogen-bond donors (Lipinski definition) is 0. The second-order valence-electron chi connectivity index (χ2n) is 6.46. The van der Waals surface area contributed by atoms with Gasteiger partial charge in [0.05, 0.1) is 18.9 Å². The number of aryl methyl sites for hydroxylation is 1. The maximum absolute atomic E-state index is 5.53. The van der Waals surface area contributed by atoms with Gasteiger partial charge in [-0.2, -0.15) is 0 Å². The molecule has 1 fully saturated rings. The third-order valence-corrected chi connectivity index (χ3v) is 5.73. The molecule has 4 heterocycles. The molecule has 138 valence electrons. The Morgan fingerprint density at radius 3 is 2.58 bits per heavy atom. The van der Waals surface area contributed by atoms with Crippen LogP contribution in [0.1, 0.15) is 16.3 Å². The molecule has 26 heavy (non-hydrogen) atoms. The summed E-state index contributed by atoms with van der Waals surface area (Å²) < 4.78 is 9.39. The molecule has 1 aliphatic rings. The highest BCUT2D eigenvalue weighted by atomic mass is 32.1. The van der Waals surface area contributed by atoms with Gasteiger partial charge in [-0.1, -0.05) is 11.2 Å². The van der Waals surface area contributed by atoms with E-state index in [1.54, 1.807) is 20.7 Å². The lowest BCUT2D eigenvalue weighted by Crippen LogP contribution is -2.46. The van der Waals surface area contributed by atoms with Crippen molar-refractivity contribution in [3.63, 3.8) is 0 Å². The van der Waals surface area contributed by atoms with Crippen molar-refractivity contribution in [2.24, 2.45) is 0 Å². The first kappa shape index (κ1) is 17.5. The number of aromatic nitrogens is 5. The third-order valence-electron chi connectivity index (χ3n) is 4.44. The monoisotopic (exact) mass is 391 g/mol. The van der Waals surface area contributed by atoms with E-state index in [2.05, 4.69) is 36.8 Å². The van der Waals surface area contributed by atoms with Crippen molar-refractivity contribution >= 4 is 23.6 Å². The molecule has 0 atom stereocenters. The Morgan fingerprint density at radius 2 is 1.88 bits per heavy atom. The smallest absolute Gasteiger partial charge is 0.217 e. The molecule has 1 aliphatic heterocycles. The molecule has 4 rings (SSSR count). The predicted molar refractivity (Wildman–Crippen MR) is 100 cm³/mol. The molecule has 0 amide bonds. The zero-order chi connectivity index (χ0) is 17.9. The fourth-order valence-electron chi connectivity index (χ4n) is 3.04. The van der Waals surface area contributed by atoms with E-state index in [0.717, 1.165) is 44.2 Å². The molecule has 0 aromatic carbocycles. The Morgan fingerprint density at radius 1 is 1.12 bits per heavy atom. The number of tetrazole rings is 1. The van der Waals surface area contributed by atoms with Gasteiger partial charge >= 0.3 is 0 Å². The first-order valence-electron chi connectivity index (χ1n) is 8.57. The first-order chi connectivity index (χ1) is 12.7. The molecule has 0 spiro atoms. The van der Waals surface area contributed by atoms with Gasteiger partial charge in [0.1, 0.15) is 5.76 Å². The van der Waals surface area contributed by atoms with E-state index in [-0.39, 0.29) is 0 Å². The second kappa shape index (κ2) is 7.78. The zero-order valence-electron chi connectivity index (χ0n) is 14.6. The Kier molecular flexibility index (Phi) is 5.25. The maximum atomic E-state index is 5.53. The van der Waals surface area contributed by atoms with Gasteiger partial charge in [-0.25, -0.2) is 9.36 Å². The molecule has 0 saturated carbocycles. The summed E-state index contributed by atoms with van der Waals surface area (Å²) in [6, 6.07) is 6.12. The molecular weight excluding hydrogens is 370 g/mol. The molecule has 1 saturated heterocycles. The topological polar surface area (TPSA) is 68.2 Å². The highest BCUT2D eigenvalue weighted by Gasteiger charge is 2.19. The number of piperazine rings is 1. The lowest BCUT2D eigenvalue weighted by atomic mass is 10.3. The van der Waals surface area contributed by atoms with Crippen LogP contribution >= 0.6 is 23.6 Å². The van der Waals surface area contributed by atoms with Crippen LogP contribution in [0.2, 0.25) is 0 Å². The average Bonchev–Trinajstić information content (AvgIpc) is 3.36. The van der Waals surface area contributed by atoms with Gasteiger partial charge in [-0.15, -0.1) is 11.3 Å². The molecule has 10 heteroatoms. The van der Waals surface area contributed by atoms with Crippen molar-refractivity contribution in [1.82, 2.24) is 34.7 Å². The lowest BCUT2D eigenvalue weighted by Gasteiger charge is -2.33. The SMILES string of the molecule is Cc1cc(CN2CCN(Cn3nnn(Cc4cccs4)c3=S)CC2)no1. The lowest BCUT2D eigenvalue weighted by molar-refractivity contribution is 0.0960. The van der Waals surface area contributed by atoms with Crippen molar-refractivity contribution in [2.45, 2.75) is 26.7 Å². The summed E-state index contributed by atoms with van der Waals surface area (Å²) >= 11 is 7.23.